The van der Waals surface area contributed by atoms with Gasteiger partial charge in [-0.3, -0.25) is 9.59 Å². The number of carbonyl (C=O) groups excluding carboxylic acids is 2. The summed E-state index contributed by atoms with van der Waals surface area (Å²) in [5, 5.41) is 14.7. The molecule has 0 spiro atoms. The van der Waals surface area contributed by atoms with E-state index in [-0.39, 0.29) is 17.6 Å². The molecule has 0 aliphatic carbocycles. The van der Waals surface area contributed by atoms with E-state index in [2.05, 4.69) is 43.4 Å². The summed E-state index contributed by atoms with van der Waals surface area (Å²) in [6.45, 7) is 4.33. The number of amides is 2. The Balaban J connectivity index is 1.61. The van der Waals surface area contributed by atoms with Gasteiger partial charge < -0.3 is 15.2 Å². The fourth-order valence-corrected chi connectivity index (χ4v) is 4.00. The number of aromatic nitrogens is 3. The van der Waals surface area contributed by atoms with Crippen LogP contribution in [0.5, 0.6) is 0 Å². The number of benzene rings is 2. The average Bonchev–Trinajstić information content (AvgIpc) is 3.17. The summed E-state index contributed by atoms with van der Waals surface area (Å²) in [4.78, 5) is 24.7. The first-order chi connectivity index (χ1) is 14.9. The van der Waals surface area contributed by atoms with Gasteiger partial charge in [0, 0.05) is 21.4 Å². The third-order valence-electron chi connectivity index (χ3n) is 4.36. The van der Waals surface area contributed by atoms with E-state index in [1.54, 1.807) is 6.92 Å². The van der Waals surface area contributed by atoms with Gasteiger partial charge in [0.05, 0.1) is 11.8 Å². The molecule has 0 saturated carbocycles. The van der Waals surface area contributed by atoms with Gasteiger partial charge in [-0.25, -0.2) is 4.39 Å². The van der Waals surface area contributed by atoms with Gasteiger partial charge in [0.15, 0.2) is 11.0 Å². The van der Waals surface area contributed by atoms with E-state index in [0.717, 1.165) is 9.26 Å². The first-order valence-corrected chi connectivity index (χ1v) is 11.6. The van der Waals surface area contributed by atoms with Gasteiger partial charge in [0.25, 0.3) is 5.91 Å². The number of halogens is 2. The topological polar surface area (TPSA) is 88.9 Å². The van der Waals surface area contributed by atoms with Crippen LogP contribution in [0.15, 0.2) is 53.7 Å². The monoisotopic (exact) mass is 553 g/mol. The lowest BCUT2D eigenvalue weighted by atomic mass is 10.2. The molecule has 7 nitrogen and oxygen atoms in total. The Morgan fingerprint density at radius 1 is 1.13 bits per heavy atom. The van der Waals surface area contributed by atoms with E-state index in [4.69, 9.17) is 0 Å². The van der Waals surface area contributed by atoms with E-state index in [0.29, 0.717) is 23.1 Å². The highest BCUT2D eigenvalue weighted by molar-refractivity contribution is 14.1. The largest absolute Gasteiger partial charge is 0.342 e. The molecule has 2 amide bonds. The molecule has 31 heavy (non-hydrogen) atoms. The highest BCUT2D eigenvalue weighted by atomic mass is 127. The van der Waals surface area contributed by atoms with Crippen LogP contribution in [0.3, 0.4) is 0 Å². The molecule has 3 rings (SSSR count). The van der Waals surface area contributed by atoms with E-state index in [9.17, 15) is 14.0 Å². The molecule has 0 saturated heterocycles. The SMILES string of the molecule is CCn1c(SCC(=O)Nc2ccc(I)cc2)nnc1[C@@H](C)NC(=O)c1ccc(F)cc1. The van der Waals surface area contributed by atoms with Gasteiger partial charge in [0.1, 0.15) is 5.82 Å². The zero-order valence-corrected chi connectivity index (χ0v) is 19.9. The van der Waals surface area contributed by atoms with E-state index in [1.807, 2.05) is 35.8 Å². The number of hydrogen-bond acceptors (Lipinski definition) is 5. The maximum Gasteiger partial charge on any atom is 0.251 e. The van der Waals surface area contributed by atoms with Crippen LogP contribution in [0.4, 0.5) is 10.1 Å². The van der Waals surface area contributed by atoms with Crippen LogP contribution in [0.25, 0.3) is 0 Å². The molecule has 0 bridgehead atoms. The van der Waals surface area contributed by atoms with Crippen molar-refractivity contribution < 1.29 is 14.0 Å². The Kier molecular flexibility index (Phi) is 8.02. The molecule has 2 N–H and O–H groups in total. The molecule has 1 atom stereocenters. The Morgan fingerprint density at radius 3 is 2.45 bits per heavy atom. The summed E-state index contributed by atoms with van der Waals surface area (Å²) in [5.74, 6) is -0.109. The molecular formula is C21H21FIN5O2S. The Labute approximate surface area is 197 Å². The molecule has 1 heterocycles. The Hall–Kier alpha value is -2.47. The summed E-state index contributed by atoms with van der Waals surface area (Å²) in [5.41, 5.74) is 1.10. The molecular weight excluding hydrogens is 532 g/mol. The van der Waals surface area contributed by atoms with E-state index >= 15 is 0 Å². The molecule has 0 radical (unpaired) electrons. The van der Waals surface area contributed by atoms with Crippen LogP contribution in [-0.2, 0) is 11.3 Å². The van der Waals surface area contributed by atoms with Crippen LogP contribution in [0.1, 0.15) is 36.1 Å². The second-order valence-corrected chi connectivity index (χ2v) is 8.82. The second-order valence-electron chi connectivity index (χ2n) is 6.63. The summed E-state index contributed by atoms with van der Waals surface area (Å²) in [6, 6.07) is 12.5. The Bertz CT molecular complexity index is 1060. The van der Waals surface area contributed by atoms with Crippen molar-refractivity contribution in [3.05, 3.63) is 69.3 Å². The molecule has 1 aromatic heterocycles. The lowest BCUT2D eigenvalue weighted by Crippen LogP contribution is -2.28. The number of nitrogens with zero attached hydrogens (tertiary/aromatic N) is 3. The second kappa shape index (κ2) is 10.7. The maximum atomic E-state index is 13.1. The molecule has 162 valence electrons. The number of carbonyl (C=O) groups is 2. The highest BCUT2D eigenvalue weighted by Gasteiger charge is 2.20. The normalized spacial score (nSPS) is 11.7. The van der Waals surface area contributed by atoms with Gasteiger partial charge in [-0.05, 0) is 85.0 Å². The van der Waals surface area contributed by atoms with Crippen molar-refractivity contribution in [1.82, 2.24) is 20.1 Å². The van der Waals surface area contributed by atoms with Crippen LogP contribution in [0.2, 0.25) is 0 Å². The number of hydrogen-bond donors (Lipinski definition) is 2. The summed E-state index contributed by atoms with van der Waals surface area (Å²) in [7, 11) is 0. The summed E-state index contributed by atoms with van der Waals surface area (Å²) in [6.07, 6.45) is 0. The van der Waals surface area contributed by atoms with Crippen LogP contribution in [-0.4, -0.2) is 32.3 Å². The first kappa shape index (κ1) is 23.2. The lowest BCUT2D eigenvalue weighted by Gasteiger charge is -2.15. The van der Waals surface area contributed by atoms with Crippen LogP contribution < -0.4 is 10.6 Å². The molecule has 10 heteroatoms. The summed E-state index contributed by atoms with van der Waals surface area (Å²) >= 11 is 3.48. The average molecular weight is 553 g/mol. The smallest absolute Gasteiger partial charge is 0.251 e. The third kappa shape index (κ3) is 6.26. The minimum Gasteiger partial charge on any atom is -0.342 e. The minimum absolute atomic E-state index is 0.143. The fourth-order valence-electron chi connectivity index (χ4n) is 2.83. The molecule has 0 fully saturated rings. The molecule has 0 unspecified atom stereocenters. The van der Waals surface area contributed by atoms with Crippen molar-refractivity contribution in [3.63, 3.8) is 0 Å². The predicted octanol–water partition coefficient (Wildman–Crippen LogP) is 4.26. The zero-order chi connectivity index (χ0) is 22.4. The van der Waals surface area contributed by atoms with Crippen molar-refractivity contribution in [2.75, 3.05) is 11.1 Å². The van der Waals surface area contributed by atoms with Crippen molar-refractivity contribution in [2.45, 2.75) is 31.6 Å². The predicted molar refractivity (Wildman–Crippen MR) is 126 cm³/mol. The first-order valence-electron chi connectivity index (χ1n) is 9.55. The lowest BCUT2D eigenvalue weighted by molar-refractivity contribution is -0.113. The fraction of sp³-hybridized carbons (Fsp3) is 0.238. The standard InChI is InChI=1S/C21H21FIN5O2S/c1-3-28-19(13(2)24-20(30)14-4-6-15(22)7-5-14)26-27-21(28)31-12-18(29)25-17-10-8-16(23)9-11-17/h4-11,13H,3,12H2,1-2H3,(H,24,30)(H,25,29)/t13-/m1/s1. The molecule has 2 aromatic carbocycles. The van der Waals surface area contributed by atoms with Crippen molar-refractivity contribution in [1.29, 1.82) is 0 Å². The zero-order valence-electron chi connectivity index (χ0n) is 16.9. The minimum atomic E-state index is -0.417. The quantitative estimate of drug-likeness (QED) is 0.322. The molecule has 3 aromatic rings. The van der Waals surface area contributed by atoms with Gasteiger partial charge in [-0.2, -0.15) is 0 Å². The number of nitrogens with one attached hydrogen (secondary N) is 2. The third-order valence-corrected chi connectivity index (χ3v) is 6.05. The van der Waals surface area contributed by atoms with Crippen LogP contribution in [0, 0.1) is 9.39 Å². The van der Waals surface area contributed by atoms with E-state index < -0.39 is 11.9 Å². The Morgan fingerprint density at radius 2 is 1.81 bits per heavy atom. The number of thioether (sulfide) groups is 1. The van der Waals surface area contributed by atoms with Gasteiger partial charge in [-0.15, -0.1) is 10.2 Å². The highest BCUT2D eigenvalue weighted by Crippen LogP contribution is 2.21. The van der Waals surface area contributed by atoms with Crippen LogP contribution >= 0.6 is 34.4 Å². The van der Waals surface area contributed by atoms with Gasteiger partial charge in [-0.1, -0.05) is 11.8 Å². The molecule has 0 aliphatic rings. The van der Waals surface area contributed by atoms with E-state index in [1.165, 1.54) is 36.0 Å². The van der Waals surface area contributed by atoms with Crippen molar-refractivity contribution in [3.8, 4) is 0 Å². The van der Waals surface area contributed by atoms with Crippen molar-refractivity contribution in [2.24, 2.45) is 0 Å². The molecule has 0 aliphatic heterocycles. The van der Waals surface area contributed by atoms with Gasteiger partial charge >= 0.3 is 0 Å². The number of anilines is 1. The van der Waals surface area contributed by atoms with Crippen molar-refractivity contribution >= 4 is 51.9 Å². The number of rotatable bonds is 8. The van der Waals surface area contributed by atoms with Gasteiger partial charge in [0.2, 0.25) is 5.91 Å². The maximum absolute atomic E-state index is 13.1. The summed E-state index contributed by atoms with van der Waals surface area (Å²) < 4.78 is 16.0.